The summed E-state index contributed by atoms with van der Waals surface area (Å²) >= 11 is 0. The van der Waals surface area contributed by atoms with Crippen molar-refractivity contribution in [3.63, 3.8) is 0 Å². The van der Waals surface area contributed by atoms with Crippen LogP contribution in [0.5, 0.6) is 0 Å². The molecule has 1 N–H and O–H groups in total. The third kappa shape index (κ3) is 5.12. The van der Waals surface area contributed by atoms with Crippen LogP contribution in [0.4, 0.5) is 0 Å². The van der Waals surface area contributed by atoms with E-state index in [9.17, 15) is 14.7 Å². The van der Waals surface area contributed by atoms with Gasteiger partial charge in [-0.1, -0.05) is 73.2 Å². The zero-order valence-corrected chi connectivity index (χ0v) is 18.5. The van der Waals surface area contributed by atoms with Gasteiger partial charge in [-0.25, -0.2) is 9.59 Å². The number of ether oxygens (including phenoxy) is 1. The summed E-state index contributed by atoms with van der Waals surface area (Å²) in [5.41, 5.74) is 2.86. The van der Waals surface area contributed by atoms with Crippen LogP contribution in [0.15, 0.2) is 60.7 Å². The second-order valence-electron chi connectivity index (χ2n) is 8.17. The van der Waals surface area contributed by atoms with Gasteiger partial charge in [0.05, 0.1) is 28.1 Å². The van der Waals surface area contributed by atoms with Crippen molar-refractivity contribution in [2.24, 2.45) is 0 Å². The number of aromatic carboxylic acids is 1. The highest BCUT2D eigenvalue weighted by Gasteiger charge is 2.31. The van der Waals surface area contributed by atoms with E-state index in [1.165, 1.54) is 0 Å². The lowest BCUT2D eigenvalue weighted by molar-refractivity contribution is 0.0469. The van der Waals surface area contributed by atoms with Crippen molar-refractivity contribution in [2.45, 2.75) is 45.1 Å². The van der Waals surface area contributed by atoms with E-state index in [2.05, 4.69) is 16.8 Å². The third-order valence-corrected chi connectivity index (χ3v) is 5.88. The van der Waals surface area contributed by atoms with Gasteiger partial charge in [-0.05, 0) is 37.5 Å². The maximum Gasteiger partial charge on any atom is 0.341 e. The summed E-state index contributed by atoms with van der Waals surface area (Å²) in [4.78, 5) is 30.2. The summed E-state index contributed by atoms with van der Waals surface area (Å²) in [6.07, 6.45) is 3.91. The molecule has 1 heterocycles. The molecule has 5 nitrogen and oxygen atoms in total. The van der Waals surface area contributed by atoms with Gasteiger partial charge in [-0.15, -0.1) is 0 Å². The predicted octanol–water partition coefficient (Wildman–Crippen LogP) is 5.50. The van der Waals surface area contributed by atoms with Crippen LogP contribution in [0.1, 0.15) is 80.4 Å². The highest BCUT2D eigenvalue weighted by atomic mass is 16.5. The standard InChI is InChI=1S/C28H25NO4/c1-19-24(27(30)31)23(17-16-20-10-4-2-5-11-20)25(26(29-19)22-14-8-9-15-22)28(32)33-18-21-12-6-3-7-13-21/h2-7,10-13,22H,8-9,14-15,18H2,1H3,(H,30,31). The fraction of sp³-hybridized carbons (Fsp3) is 0.250. The molecule has 1 fully saturated rings. The number of carbonyl (C=O) groups excluding carboxylic acids is 1. The fourth-order valence-corrected chi connectivity index (χ4v) is 4.27. The number of benzene rings is 2. The maximum absolute atomic E-state index is 13.4. The molecule has 1 aromatic heterocycles. The monoisotopic (exact) mass is 439 g/mol. The van der Waals surface area contributed by atoms with E-state index in [1.807, 2.05) is 60.7 Å². The normalized spacial score (nSPS) is 13.2. The van der Waals surface area contributed by atoms with Gasteiger partial charge in [0.2, 0.25) is 0 Å². The first-order valence-electron chi connectivity index (χ1n) is 11.1. The molecule has 0 spiro atoms. The molecular formula is C28H25NO4. The van der Waals surface area contributed by atoms with Crippen molar-refractivity contribution < 1.29 is 19.4 Å². The molecule has 4 rings (SSSR count). The lowest BCUT2D eigenvalue weighted by Crippen LogP contribution is -2.19. The number of carbonyl (C=O) groups is 2. The highest BCUT2D eigenvalue weighted by molar-refractivity contribution is 6.00. The van der Waals surface area contributed by atoms with Gasteiger partial charge in [0.1, 0.15) is 6.61 Å². The first-order valence-corrected chi connectivity index (χ1v) is 11.1. The molecule has 0 radical (unpaired) electrons. The summed E-state index contributed by atoms with van der Waals surface area (Å²) in [5.74, 6) is 4.35. The minimum absolute atomic E-state index is 0.0492. The van der Waals surface area contributed by atoms with E-state index >= 15 is 0 Å². The van der Waals surface area contributed by atoms with Crippen LogP contribution in [0.2, 0.25) is 0 Å². The third-order valence-electron chi connectivity index (χ3n) is 5.88. The Balaban J connectivity index is 1.84. The average molecular weight is 440 g/mol. The Morgan fingerprint density at radius 3 is 2.24 bits per heavy atom. The Kier molecular flexibility index (Phi) is 6.85. The molecule has 0 saturated heterocycles. The van der Waals surface area contributed by atoms with Crippen molar-refractivity contribution in [1.82, 2.24) is 4.98 Å². The van der Waals surface area contributed by atoms with Crippen LogP contribution >= 0.6 is 0 Å². The molecule has 0 unspecified atom stereocenters. The fourth-order valence-electron chi connectivity index (χ4n) is 4.27. The Hall–Kier alpha value is -3.91. The number of hydrogen-bond acceptors (Lipinski definition) is 4. The van der Waals surface area contributed by atoms with Crippen LogP contribution in [-0.4, -0.2) is 22.0 Å². The van der Waals surface area contributed by atoms with Gasteiger partial charge in [0.15, 0.2) is 0 Å². The zero-order valence-electron chi connectivity index (χ0n) is 18.5. The summed E-state index contributed by atoms with van der Waals surface area (Å²) in [6, 6.07) is 18.7. The summed E-state index contributed by atoms with van der Waals surface area (Å²) < 4.78 is 5.64. The van der Waals surface area contributed by atoms with Crippen LogP contribution in [0.3, 0.4) is 0 Å². The number of esters is 1. The quantitative estimate of drug-likeness (QED) is 0.419. The number of hydrogen-bond donors (Lipinski definition) is 1. The maximum atomic E-state index is 13.4. The molecule has 2 aromatic carbocycles. The molecule has 33 heavy (non-hydrogen) atoms. The average Bonchev–Trinajstić information content (AvgIpc) is 3.37. The van der Waals surface area contributed by atoms with Crippen molar-refractivity contribution in [2.75, 3.05) is 0 Å². The van der Waals surface area contributed by atoms with Crippen molar-refractivity contribution >= 4 is 11.9 Å². The Bertz CT molecular complexity index is 1220. The summed E-state index contributed by atoms with van der Waals surface area (Å²) in [5, 5.41) is 9.95. The number of pyridine rings is 1. The SMILES string of the molecule is Cc1nc(C2CCCC2)c(C(=O)OCc2ccccc2)c(C#Cc2ccccc2)c1C(=O)O. The Labute approximate surface area is 193 Å². The van der Waals surface area contributed by atoms with Gasteiger partial charge in [-0.3, -0.25) is 4.98 Å². The van der Waals surface area contributed by atoms with E-state index in [1.54, 1.807) is 6.92 Å². The summed E-state index contributed by atoms with van der Waals surface area (Å²) in [6.45, 7) is 1.75. The molecule has 0 aliphatic heterocycles. The Morgan fingerprint density at radius 1 is 0.970 bits per heavy atom. The van der Waals surface area contributed by atoms with Gasteiger partial charge in [0.25, 0.3) is 0 Å². The molecule has 0 atom stereocenters. The Morgan fingerprint density at radius 2 is 1.61 bits per heavy atom. The zero-order chi connectivity index (χ0) is 23.2. The van der Waals surface area contributed by atoms with Gasteiger partial charge in [0, 0.05) is 11.5 Å². The number of aromatic nitrogens is 1. The molecule has 1 aliphatic carbocycles. The minimum Gasteiger partial charge on any atom is -0.478 e. The topological polar surface area (TPSA) is 76.5 Å². The molecule has 3 aromatic rings. The van der Waals surface area contributed by atoms with Crippen LogP contribution in [0, 0.1) is 18.8 Å². The van der Waals surface area contributed by atoms with E-state index in [0.717, 1.165) is 36.8 Å². The van der Waals surface area contributed by atoms with E-state index in [4.69, 9.17) is 4.74 Å². The van der Waals surface area contributed by atoms with Gasteiger partial charge in [-0.2, -0.15) is 0 Å². The number of carboxylic acid groups (broad SMARTS) is 1. The van der Waals surface area contributed by atoms with Crippen molar-refractivity contribution in [1.29, 1.82) is 0 Å². The number of nitrogens with zero attached hydrogens (tertiary/aromatic N) is 1. The lowest BCUT2D eigenvalue weighted by atomic mass is 9.91. The van der Waals surface area contributed by atoms with Crippen molar-refractivity contribution in [3.05, 3.63) is 99.9 Å². The minimum atomic E-state index is -1.16. The molecule has 1 saturated carbocycles. The molecule has 1 aliphatic rings. The van der Waals surface area contributed by atoms with E-state index in [0.29, 0.717) is 11.4 Å². The largest absolute Gasteiger partial charge is 0.478 e. The highest BCUT2D eigenvalue weighted by Crippen LogP contribution is 2.37. The van der Waals surface area contributed by atoms with Gasteiger partial charge < -0.3 is 9.84 Å². The second kappa shape index (κ2) is 10.1. The number of aryl methyl sites for hydroxylation is 1. The summed E-state index contributed by atoms with van der Waals surface area (Å²) in [7, 11) is 0. The smallest absolute Gasteiger partial charge is 0.341 e. The lowest BCUT2D eigenvalue weighted by Gasteiger charge is -2.18. The van der Waals surface area contributed by atoms with Crippen LogP contribution < -0.4 is 0 Å². The first-order chi connectivity index (χ1) is 16.0. The first kappa shape index (κ1) is 22.3. The molecule has 0 amide bonds. The predicted molar refractivity (Wildman–Crippen MR) is 125 cm³/mol. The molecule has 166 valence electrons. The van der Waals surface area contributed by atoms with Crippen molar-refractivity contribution in [3.8, 4) is 11.8 Å². The number of rotatable bonds is 5. The molecular weight excluding hydrogens is 414 g/mol. The second-order valence-corrected chi connectivity index (χ2v) is 8.17. The molecule has 5 heteroatoms. The van der Waals surface area contributed by atoms with Crippen LogP contribution in [0.25, 0.3) is 0 Å². The van der Waals surface area contributed by atoms with Crippen LogP contribution in [-0.2, 0) is 11.3 Å². The molecule has 0 bridgehead atoms. The van der Waals surface area contributed by atoms with E-state index < -0.39 is 11.9 Å². The number of carboxylic acids is 1. The van der Waals surface area contributed by atoms with Gasteiger partial charge >= 0.3 is 11.9 Å². The van der Waals surface area contributed by atoms with E-state index in [-0.39, 0.29) is 29.2 Å².